The fourth-order valence-electron chi connectivity index (χ4n) is 4.16. The molecular formula is C28H27F3O. The summed E-state index contributed by atoms with van der Waals surface area (Å²) in [5.74, 6) is -1.47. The largest absolute Gasteiger partial charge is 0.373 e. The summed E-state index contributed by atoms with van der Waals surface area (Å²) in [6, 6.07) is 15.3. The monoisotopic (exact) mass is 436 g/mol. The van der Waals surface area contributed by atoms with E-state index in [1.807, 2.05) is 13.0 Å². The molecule has 0 aromatic heterocycles. The van der Waals surface area contributed by atoms with Crippen molar-refractivity contribution in [2.45, 2.75) is 39.2 Å². The van der Waals surface area contributed by atoms with Gasteiger partial charge in [0.05, 0.1) is 6.10 Å². The van der Waals surface area contributed by atoms with Crippen LogP contribution in [0.4, 0.5) is 13.2 Å². The van der Waals surface area contributed by atoms with Crippen molar-refractivity contribution in [2.24, 2.45) is 5.92 Å². The molecule has 166 valence electrons. The van der Waals surface area contributed by atoms with E-state index < -0.39 is 11.6 Å². The second-order valence-electron chi connectivity index (χ2n) is 8.49. The van der Waals surface area contributed by atoms with E-state index in [9.17, 15) is 13.2 Å². The molecule has 0 bridgehead atoms. The van der Waals surface area contributed by atoms with E-state index in [2.05, 4.69) is 6.92 Å². The van der Waals surface area contributed by atoms with Crippen LogP contribution in [0, 0.1) is 23.4 Å². The highest BCUT2D eigenvalue weighted by molar-refractivity contribution is 5.71. The first-order valence-electron chi connectivity index (χ1n) is 11.1. The maximum atomic E-state index is 14.9. The Hall–Kier alpha value is -2.85. The second kappa shape index (κ2) is 9.74. The van der Waals surface area contributed by atoms with E-state index in [0.717, 1.165) is 18.4 Å². The Morgan fingerprint density at radius 1 is 0.875 bits per heavy atom. The highest BCUT2D eigenvalue weighted by Gasteiger charge is 2.21. The fourth-order valence-corrected chi connectivity index (χ4v) is 4.16. The fraction of sp³-hybridized carbons (Fsp3) is 0.286. The summed E-state index contributed by atoms with van der Waals surface area (Å²) in [5, 5.41) is 0. The van der Waals surface area contributed by atoms with Crippen molar-refractivity contribution >= 4 is 0 Å². The van der Waals surface area contributed by atoms with Crippen molar-refractivity contribution in [3.8, 4) is 22.3 Å². The van der Waals surface area contributed by atoms with Gasteiger partial charge in [0.2, 0.25) is 0 Å². The summed E-state index contributed by atoms with van der Waals surface area (Å²) < 4.78 is 49.8. The quantitative estimate of drug-likeness (QED) is 0.368. The third-order valence-electron chi connectivity index (χ3n) is 6.11. The Morgan fingerprint density at radius 3 is 2.19 bits per heavy atom. The maximum absolute atomic E-state index is 14.9. The van der Waals surface area contributed by atoms with Gasteiger partial charge >= 0.3 is 0 Å². The third kappa shape index (κ3) is 4.66. The summed E-state index contributed by atoms with van der Waals surface area (Å²) >= 11 is 0. The lowest BCUT2D eigenvalue weighted by Crippen LogP contribution is -2.18. The first-order chi connectivity index (χ1) is 15.5. The molecule has 0 spiro atoms. The normalized spacial score (nSPS) is 18.9. The van der Waals surface area contributed by atoms with Crippen molar-refractivity contribution in [3.63, 3.8) is 0 Å². The number of allylic oxidation sites excluding steroid dienone is 2. The zero-order valence-electron chi connectivity index (χ0n) is 18.4. The predicted octanol–water partition coefficient (Wildman–Crippen LogP) is 8.04. The van der Waals surface area contributed by atoms with Gasteiger partial charge in [0.25, 0.3) is 0 Å². The highest BCUT2D eigenvalue weighted by atomic mass is 19.2. The molecule has 3 aromatic rings. The molecule has 4 rings (SSSR count). The lowest BCUT2D eigenvalue weighted by atomic mass is 9.94. The predicted molar refractivity (Wildman–Crippen MR) is 123 cm³/mol. The van der Waals surface area contributed by atoms with E-state index in [1.165, 1.54) is 0 Å². The van der Waals surface area contributed by atoms with Crippen molar-refractivity contribution in [1.29, 1.82) is 0 Å². The van der Waals surface area contributed by atoms with Crippen LogP contribution >= 0.6 is 0 Å². The summed E-state index contributed by atoms with van der Waals surface area (Å²) in [6.45, 7) is 4.69. The molecule has 1 aliphatic heterocycles. The minimum Gasteiger partial charge on any atom is -0.373 e. The minimum absolute atomic E-state index is 0.0641. The molecule has 0 aliphatic carbocycles. The van der Waals surface area contributed by atoms with E-state index in [0.29, 0.717) is 41.2 Å². The van der Waals surface area contributed by atoms with E-state index in [4.69, 9.17) is 4.74 Å². The maximum Gasteiger partial charge on any atom is 0.166 e. The van der Waals surface area contributed by atoms with Crippen LogP contribution in [0.3, 0.4) is 0 Å². The van der Waals surface area contributed by atoms with E-state index in [1.54, 1.807) is 60.7 Å². The highest BCUT2D eigenvalue weighted by Crippen LogP contribution is 2.34. The van der Waals surface area contributed by atoms with Gasteiger partial charge in [0.1, 0.15) is 5.82 Å². The Balaban J connectivity index is 1.56. The Kier molecular flexibility index (Phi) is 6.80. The minimum atomic E-state index is -0.864. The van der Waals surface area contributed by atoms with Gasteiger partial charge in [-0.05, 0) is 60.4 Å². The van der Waals surface area contributed by atoms with Gasteiger partial charge in [0, 0.05) is 17.7 Å². The molecule has 32 heavy (non-hydrogen) atoms. The van der Waals surface area contributed by atoms with Crippen LogP contribution in [0.1, 0.15) is 43.9 Å². The van der Waals surface area contributed by atoms with Gasteiger partial charge in [-0.1, -0.05) is 67.6 Å². The number of rotatable bonds is 5. The number of ether oxygens (including phenoxy) is 1. The number of hydrogen-bond acceptors (Lipinski definition) is 1. The first kappa shape index (κ1) is 22.3. The standard InChI is InChI=1S/C28H27F3O/c1-3-4-5-21-11-14-24(28(31)27(21)30)20-9-7-19(8-10-20)23-13-12-22(16-25(23)29)26-15-6-18(2)17-32-26/h3-4,7-14,16,18,26H,5-6,15,17H2,1-2H3/b4-3-. The molecule has 0 amide bonds. The van der Waals surface area contributed by atoms with Gasteiger partial charge in [0.15, 0.2) is 11.6 Å². The summed E-state index contributed by atoms with van der Waals surface area (Å²) in [4.78, 5) is 0. The Bertz CT molecular complexity index is 1110. The topological polar surface area (TPSA) is 9.23 Å². The van der Waals surface area contributed by atoms with Crippen LogP contribution in [-0.4, -0.2) is 6.61 Å². The molecule has 1 fully saturated rings. The number of halogens is 3. The van der Waals surface area contributed by atoms with E-state index >= 15 is 0 Å². The molecule has 2 unspecified atom stereocenters. The summed E-state index contributed by atoms with van der Waals surface area (Å²) in [5.41, 5.74) is 3.06. The SMILES string of the molecule is C/C=C\Cc1ccc(-c2ccc(-c3ccc(C4CCC(C)CO4)cc3F)cc2)c(F)c1F. The van der Waals surface area contributed by atoms with Gasteiger partial charge < -0.3 is 4.74 Å². The molecule has 1 aliphatic rings. The molecule has 1 nitrogen and oxygen atoms in total. The van der Waals surface area contributed by atoms with Gasteiger partial charge in [-0.2, -0.15) is 0 Å². The van der Waals surface area contributed by atoms with Crippen LogP contribution in [0.25, 0.3) is 22.3 Å². The van der Waals surface area contributed by atoms with Gasteiger partial charge in [-0.3, -0.25) is 0 Å². The Labute approximate surface area is 187 Å². The molecule has 0 saturated carbocycles. The van der Waals surface area contributed by atoms with Crippen molar-refractivity contribution < 1.29 is 17.9 Å². The lowest BCUT2D eigenvalue weighted by Gasteiger charge is -2.27. The Morgan fingerprint density at radius 2 is 1.56 bits per heavy atom. The first-order valence-corrected chi connectivity index (χ1v) is 11.1. The van der Waals surface area contributed by atoms with E-state index in [-0.39, 0.29) is 17.5 Å². The molecular weight excluding hydrogens is 409 g/mol. The molecule has 3 aromatic carbocycles. The van der Waals surface area contributed by atoms with Crippen molar-refractivity contribution in [2.75, 3.05) is 6.61 Å². The van der Waals surface area contributed by atoms with Gasteiger partial charge in [-0.25, -0.2) is 13.2 Å². The zero-order valence-corrected chi connectivity index (χ0v) is 18.4. The van der Waals surface area contributed by atoms with Crippen LogP contribution in [0.2, 0.25) is 0 Å². The molecule has 0 N–H and O–H groups in total. The smallest absolute Gasteiger partial charge is 0.166 e. The van der Waals surface area contributed by atoms with Crippen LogP contribution in [0.15, 0.2) is 66.7 Å². The van der Waals surface area contributed by atoms with Crippen molar-refractivity contribution in [1.82, 2.24) is 0 Å². The third-order valence-corrected chi connectivity index (χ3v) is 6.11. The lowest BCUT2D eigenvalue weighted by molar-refractivity contribution is -0.0125. The molecule has 4 heteroatoms. The number of hydrogen-bond donors (Lipinski definition) is 0. The number of benzene rings is 3. The molecule has 1 saturated heterocycles. The van der Waals surface area contributed by atoms with Crippen LogP contribution in [-0.2, 0) is 11.2 Å². The van der Waals surface area contributed by atoms with Crippen molar-refractivity contribution in [3.05, 3.63) is 95.3 Å². The van der Waals surface area contributed by atoms with Gasteiger partial charge in [-0.15, -0.1) is 0 Å². The molecule has 2 atom stereocenters. The van der Waals surface area contributed by atoms with Crippen LogP contribution < -0.4 is 0 Å². The average molecular weight is 437 g/mol. The second-order valence-corrected chi connectivity index (χ2v) is 8.49. The molecule has 0 radical (unpaired) electrons. The zero-order chi connectivity index (χ0) is 22.7. The summed E-state index contributed by atoms with van der Waals surface area (Å²) in [7, 11) is 0. The average Bonchev–Trinajstić information content (AvgIpc) is 2.81. The summed E-state index contributed by atoms with van der Waals surface area (Å²) in [6.07, 6.45) is 5.84. The molecule has 1 heterocycles. The van der Waals surface area contributed by atoms with Crippen LogP contribution in [0.5, 0.6) is 0 Å².